The predicted octanol–water partition coefficient (Wildman–Crippen LogP) is 4.43. The summed E-state index contributed by atoms with van der Waals surface area (Å²) in [5.41, 5.74) is 6.18. The van der Waals surface area contributed by atoms with Gasteiger partial charge in [-0.1, -0.05) is 25.1 Å². The number of anilines is 2. The van der Waals surface area contributed by atoms with E-state index in [1.54, 1.807) is 30.8 Å². The van der Waals surface area contributed by atoms with Crippen molar-refractivity contribution in [3.8, 4) is 0 Å². The summed E-state index contributed by atoms with van der Waals surface area (Å²) in [5, 5.41) is 18.5. The molecule has 40 heavy (non-hydrogen) atoms. The minimum Gasteiger partial charge on any atom is -0.359 e. The van der Waals surface area contributed by atoms with E-state index in [-0.39, 0.29) is 5.91 Å². The molecule has 11 heteroatoms. The number of allylic oxidation sites excluding steroid dienone is 1. The number of aryl methyl sites for hydroxylation is 1. The van der Waals surface area contributed by atoms with Crippen LogP contribution in [-0.4, -0.2) is 70.4 Å². The van der Waals surface area contributed by atoms with E-state index in [1.807, 2.05) is 47.0 Å². The molecule has 0 aliphatic heterocycles. The van der Waals surface area contributed by atoms with E-state index in [4.69, 9.17) is 5.41 Å². The highest BCUT2D eigenvalue weighted by Crippen LogP contribution is 2.28. The Morgan fingerprint density at radius 2 is 1.85 bits per heavy atom. The van der Waals surface area contributed by atoms with Crippen molar-refractivity contribution in [2.45, 2.75) is 46.1 Å². The highest BCUT2D eigenvalue weighted by Gasteiger charge is 2.27. The molecule has 0 radical (unpaired) electrons. The molecule has 0 spiro atoms. The van der Waals surface area contributed by atoms with Gasteiger partial charge in [-0.05, 0) is 71.9 Å². The first kappa shape index (κ1) is 31.8. The Morgan fingerprint density at radius 1 is 1.18 bits per heavy atom. The van der Waals surface area contributed by atoms with Crippen molar-refractivity contribution in [1.82, 2.24) is 30.2 Å². The van der Waals surface area contributed by atoms with Crippen LogP contribution in [0.15, 0.2) is 54.7 Å². The van der Waals surface area contributed by atoms with Crippen molar-refractivity contribution in [1.29, 1.82) is 5.41 Å². The van der Waals surface area contributed by atoms with E-state index in [0.29, 0.717) is 29.3 Å². The third-order valence-corrected chi connectivity index (χ3v) is 5.75. The number of hydrazone groups is 1. The summed E-state index contributed by atoms with van der Waals surface area (Å²) in [6, 6.07) is 7.17. The molecule has 3 rings (SSSR count). The molecule has 5 N–H and O–H groups in total. The van der Waals surface area contributed by atoms with E-state index in [9.17, 15) is 4.79 Å². The number of aromatic nitrogens is 4. The summed E-state index contributed by atoms with van der Waals surface area (Å²) in [6.07, 6.45) is 9.39. The molecule has 0 bridgehead atoms. The molecule has 1 amide bonds. The van der Waals surface area contributed by atoms with Crippen molar-refractivity contribution in [2.24, 2.45) is 5.10 Å². The SMILES string of the molecule is C=CC.CCc1[nH]cnc1C(C)(C)Nc1ncnc(N/N=C/c2ccc(C(=O)NCCCN(C)C)cc2)c1C=N. The van der Waals surface area contributed by atoms with Gasteiger partial charge in [0.1, 0.15) is 12.1 Å². The zero-order valence-corrected chi connectivity index (χ0v) is 24.4. The molecule has 0 aliphatic carbocycles. The number of carbonyl (C=O) groups excluding carboxylic acids is 1. The first-order valence-electron chi connectivity index (χ1n) is 13.2. The van der Waals surface area contributed by atoms with Crippen LogP contribution >= 0.6 is 0 Å². The summed E-state index contributed by atoms with van der Waals surface area (Å²) >= 11 is 0. The molecule has 0 atom stereocenters. The summed E-state index contributed by atoms with van der Waals surface area (Å²) < 4.78 is 0. The van der Waals surface area contributed by atoms with Gasteiger partial charge in [-0.2, -0.15) is 5.10 Å². The van der Waals surface area contributed by atoms with Gasteiger partial charge >= 0.3 is 0 Å². The lowest BCUT2D eigenvalue weighted by atomic mass is 9.97. The third kappa shape index (κ3) is 9.42. The molecule has 3 aromatic rings. The molecular weight excluding hydrogens is 504 g/mol. The van der Waals surface area contributed by atoms with Crippen molar-refractivity contribution in [2.75, 3.05) is 37.9 Å². The largest absolute Gasteiger partial charge is 0.359 e. The number of nitrogens with one attached hydrogen (secondary N) is 5. The van der Waals surface area contributed by atoms with Gasteiger partial charge in [-0.15, -0.1) is 6.58 Å². The van der Waals surface area contributed by atoms with Gasteiger partial charge in [0.05, 0.1) is 29.3 Å². The molecule has 0 unspecified atom stereocenters. The number of nitrogens with zero attached hydrogens (tertiary/aromatic N) is 5. The Bertz CT molecular complexity index is 1260. The number of hydrogen-bond donors (Lipinski definition) is 5. The Labute approximate surface area is 237 Å². The maximum absolute atomic E-state index is 12.3. The van der Waals surface area contributed by atoms with Crippen LogP contribution in [0.4, 0.5) is 11.6 Å². The third-order valence-electron chi connectivity index (χ3n) is 5.75. The smallest absolute Gasteiger partial charge is 0.251 e. The maximum Gasteiger partial charge on any atom is 0.251 e. The Kier molecular flexibility index (Phi) is 12.6. The Hall–Kier alpha value is -4.38. The zero-order valence-electron chi connectivity index (χ0n) is 24.4. The van der Waals surface area contributed by atoms with E-state index >= 15 is 0 Å². The number of carbonyl (C=O) groups is 1. The van der Waals surface area contributed by atoms with Crippen molar-refractivity contribution in [3.63, 3.8) is 0 Å². The second-order valence-electron chi connectivity index (χ2n) is 9.78. The van der Waals surface area contributed by atoms with Crippen molar-refractivity contribution in [3.05, 3.63) is 77.7 Å². The van der Waals surface area contributed by atoms with E-state index < -0.39 is 5.54 Å². The first-order chi connectivity index (χ1) is 19.2. The van der Waals surface area contributed by atoms with Gasteiger partial charge in [0.2, 0.25) is 0 Å². The minimum absolute atomic E-state index is 0.0965. The normalized spacial score (nSPS) is 11.1. The molecule has 11 nitrogen and oxygen atoms in total. The topological polar surface area (TPSA) is 147 Å². The van der Waals surface area contributed by atoms with Crippen molar-refractivity contribution < 1.29 is 4.79 Å². The Balaban J connectivity index is 0.00000178. The van der Waals surface area contributed by atoms with E-state index in [2.05, 4.69) is 59.5 Å². The second-order valence-corrected chi connectivity index (χ2v) is 9.78. The number of amides is 1. The highest BCUT2D eigenvalue weighted by molar-refractivity contribution is 5.95. The second kappa shape index (κ2) is 15.9. The molecule has 1 aromatic carbocycles. The van der Waals surface area contributed by atoms with Gasteiger partial charge in [0.15, 0.2) is 5.82 Å². The van der Waals surface area contributed by atoms with Gasteiger partial charge < -0.3 is 25.9 Å². The van der Waals surface area contributed by atoms with Crippen molar-refractivity contribution >= 4 is 30.0 Å². The average Bonchev–Trinajstić information content (AvgIpc) is 3.42. The average molecular weight is 547 g/mol. The number of aromatic amines is 1. The predicted molar refractivity (Wildman–Crippen MR) is 164 cm³/mol. The number of rotatable bonds is 13. The summed E-state index contributed by atoms with van der Waals surface area (Å²) in [4.78, 5) is 30.6. The lowest BCUT2D eigenvalue weighted by molar-refractivity contribution is 0.0952. The molecule has 0 aliphatic rings. The van der Waals surface area contributed by atoms with E-state index in [1.165, 1.54) is 12.5 Å². The fourth-order valence-electron chi connectivity index (χ4n) is 3.79. The van der Waals surface area contributed by atoms with Crippen LogP contribution in [0.5, 0.6) is 0 Å². The van der Waals surface area contributed by atoms with Gasteiger partial charge in [0.25, 0.3) is 5.91 Å². The van der Waals surface area contributed by atoms with Crippen LogP contribution < -0.4 is 16.1 Å². The van der Waals surface area contributed by atoms with Crippen LogP contribution in [0.2, 0.25) is 0 Å². The maximum atomic E-state index is 12.3. The molecule has 2 aromatic heterocycles. The first-order valence-corrected chi connectivity index (χ1v) is 13.2. The number of H-pyrrole nitrogens is 1. The van der Waals surface area contributed by atoms with Crippen LogP contribution in [0.1, 0.15) is 67.0 Å². The molecular formula is C29H42N10O. The monoisotopic (exact) mass is 546 g/mol. The van der Waals surface area contributed by atoms with Gasteiger partial charge in [-0.25, -0.2) is 15.0 Å². The van der Waals surface area contributed by atoms with Crippen LogP contribution in [-0.2, 0) is 12.0 Å². The molecule has 0 saturated heterocycles. The fraction of sp³-hybridized carbons (Fsp3) is 0.379. The van der Waals surface area contributed by atoms with Crippen LogP contribution in [0.3, 0.4) is 0 Å². The lowest BCUT2D eigenvalue weighted by Crippen LogP contribution is -2.31. The van der Waals surface area contributed by atoms with Crippen LogP contribution in [0, 0.1) is 5.41 Å². The van der Waals surface area contributed by atoms with Gasteiger partial charge in [-0.3, -0.25) is 10.2 Å². The zero-order chi connectivity index (χ0) is 29.5. The number of imidazole rings is 1. The molecule has 214 valence electrons. The summed E-state index contributed by atoms with van der Waals surface area (Å²) in [6.45, 7) is 12.9. The fourth-order valence-corrected chi connectivity index (χ4v) is 3.79. The standard InChI is InChI=1S/C26H36N10O.C3H6/c1-6-21-22(30-16-29-21)26(2,3)34-23-20(14-27)24(32-17-31-23)35-33-15-18-8-10-19(11-9-18)25(37)28-12-7-13-36(4)5;1-3-2/h8-11,14-17,27H,6-7,12-13H2,1-5H3,(H,28,37)(H,29,30)(H2,31,32,34,35);3H,1H2,2H3/b27-14?,33-15+;. The molecule has 0 saturated carbocycles. The summed E-state index contributed by atoms with van der Waals surface area (Å²) in [7, 11) is 4.02. The Morgan fingerprint density at radius 3 is 2.48 bits per heavy atom. The highest BCUT2D eigenvalue weighted by atomic mass is 16.1. The van der Waals surface area contributed by atoms with Crippen LogP contribution in [0.25, 0.3) is 0 Å². The van der Waals surface area contributed by atoms with E-state index in [0.717, 1.165) is 36.3 Å². The quantitative estimate of drug-likeness (QED) is 0.0922. The lowest BCUT2D eigenvalue weighted by Gasteiger charge is -2.27. The molecule has 2 heterocycles. The number of hydrogen-bond acceptors (Lipinski definition) is 9. The number of benzene rings is 1. The minimum atomic E-state index is -0.529. The summed E-state index contributed by atoms with van der Waals surface area (Å²) in [5.74, 6) is 0.797. The van der Waals surface area contributed by atoms with Gasteiger partial charge in [0, 0.05) is 24.0 Å². The molecule has 0 fully saturated rings.